The van der Waals surface area contributed by atoms with E-state index in [2.05, 4.69) is 5.32 Å². The Morgan fingerprint density at radius 1 is 1.00 bits per heavy atom. The number of rotatable bonds is 10. The largest absolute Gasteiger partial charge is 0.495 e. The predicted octanol–water partition coefficient (Wildman–Crippen LogP) is 5.64. The topological polar surface area (TPSA) is 77.0 Å². The van der Waals surface area contributed by atoms with Gasteiger partial charge in [-0.3, -0.25) is 0 Å². The van der Waals surface area contributed by atoms with Crippen LogP contribution in [0.15, 0.2) is 60.7 Å². The van der Waals surface area contributed by atoms with Gasteiger partial charge in [-0.05, 0) is 48.9 Å². The van der Waals surface area contributed by atoms with Gasteiger partial charge >= 0.3 is 5.97 Å². The molecule has 0 aromatic heterocycles. The summed E-state index contributed by atoms with van der Waals surface area (Å²) in [7, 11) is 1.54. The van der Waals surface area contributed by atoms with Crippen LogP contribution in [0.25, 0.3) is 0 Å². The number of carbonyl (C=O) groups is 1. The Labute approximate surface area is 186 Å². The summed E-state index contributed by atoms with van der Waals surface area (Å²) in [6, 6.07) is 17.9. The first kappa shape index (κ1) is 22.3. The van der Waals surface area contributed by atoms with Crippen LogP contribution in [0.2, 0.25) is 5.02 Å². The number of aromatic carboxylic acids is 1. The van der Waals surface area contributed by atoms with Gasteiger partial charge in [0.25, 0.3) is 0 Å². The fraction of sp³-hybridized carbons (Fsp3) is 0.208. The van der Waals surface area contributed by atoms with Gasteiger partial charge in [0.2, 0.25) is 0 Å². The maximum Gasteiger partial charge on any atom is 0.335 e. The lowest BCUT2D eigenvalue weighted by Gasteiger charge is -2.15. The molecule has 6 nitrogen and oxygen atoms in total. The normalized spacial score (nSPS) is 10.4. The third kappa shape index (κ3) is 5.83. The highest BCUT2D eigenvalue weighted by atomic mass is 35.5. The summed E-state index contributed by atoms with van der Waals surface area (Å²) in [6.07, 6.45) is 0. The van der Waals surface area contributed by atoms with Crippen molar-refractivity contribution in [3.63, 3.8) is 0 Å². The predicted molar refractivity (Wildman–Crippen MR) is 121 cm³/mol. The molecule has 0 heterocycles. The van der Waals surface area contributed by atoms with Gasteiger partial charge in [-0.15, -0.1) is 0 Å². The van der Waals surface area contributed by atoms with Crippen LogP contribution in [0, 0.1) is 0 Å². The summed E-state index contributed by atoms with van der Waals surface area (Å²) in [5, 5.41) is 13.1. The highest BCUT2D eigenvalue weighted by Gasteiger charge is 2.11. The second-order valence-corrected chi connectivity index (χ2v) is 7.08. The van der Waals surface area contributed by atoms with E-state index in [1.54, 1.807) is 19.2 Å². The van der Waals surface area contributed by atoms with Gasteiger partial charge in [0.05, 0.1) is 25.0 Å². The average molecular weight is 442 g/mol. The van der Waals surface area contributed by atoms with Crippen LogP contribution < -0.4 is 19.5 Å². The van der Waals surface area contributed by atoms with E-state index < -0.39 is 5.97 Å². The Morgan fingerprint density at radius 2 is 1.77 bits per heavy atom. The van der Waals surface area contributed by atoms with Gasteiger partial charge in [-0.25, -0.2) is 4.79 Å². The number of carboxylic acid groups (broad SMARTS) is 1. The van der Waals surface area contributed by atoms with E-state index in [0.29, 0.717) is 47.7 Å². The van der Waals surface area contributed by atoms with Crippen molar-refractivity contribution in [2.75, 3.05) is 19.0 Å². The second kappa shape index (κ2) is 10.6. The van der Waals surface area contributed by atoms with E-state index in [1.807, 2.05) is 49.4 Å². The van der Waals surface area contributed by atoms with Gasteiger partial charge in [0.1, 0.15) is 12.4 Å². The van der Waals surface area contributed by atoms with Crippen molar-refractivity contribution in [2.45, 2.75) is 20.1 Å². The maximum atomic E-state index is 11.3. The Kier molecular flexibility index (Phi) is 7.62. The number of hydrogen-bond acceptors (Lipinski definition) is 5. The van der Waals surface area contributed by atoms with Gasteiger partial charge in [-0.2, -0.15) is 0 Å². The number of anilines is 1. The summed E-state index contributed by atoms with van der Waals surface area (Å²) in [5.41, 5.74) is 2.61. The van der Waals surface area contributed by atoms with Crippen molar-refractivity contribution in [2.24, 2.45) is 0 Å². The van der Waals surface area contributed by atoms with Crippen LogP contribution in [0.3, 0.4) is 0 Å². The van der Waals surface area contributed by atoms with Crippen LogP contribution in [-0.4, -0.2) is 24.8 Å². The lowest BCUT2D eigenvalue weighted by molar-refractivity contribution is 0.0697. The van der Waals surface area contributed by atoms with Crippen LogP contribution >= 0.6 is 11.6 Å². The fourth-order valence-electron chi connectivity index (χ4n) is 3.00. The molecule has 3 rings (SSSR count). The summed E-state index contributed by atoms with van der Waals surface area (Å²) in [4.78, 5) is 11.3. The first-order chi connectivity index (χ1) is 15.0. The Hall–Kier alpha value is -3.38. The van der Waals surface area contributed by atoms with E-state index in [0.717, 1.165) is 11.1 Å². The molecule has 0 amide bonds. The first-order valence-electron chi connectivity index (χ1n) is 9.79. The average Bonchev–Trinajstić information content (AvgIpc) is 2.78. The molecule has 7 heteroatoms. The minimum atomic E-state index is -0.996. The zero-order chi connectivity index (χ0) is 22.2. The fourth-order valence-corrected chi connectivity index (χ4v) is 3.19. The molecule has 0 aliphatic heterocycles. The van der Waals surface area contributed by atoms with Gasteiger partial charge in [0, 0.05) is 17.1 Å². The SMILES string of the molecule is CCOc1cc(CNc2cc(C(=O)O)ccc2OC)ccc1OCc1ccccc1Cl. The van der Waals surface area contributed by atoms with E-state index in [-0.39, 0.29) is 5.56 Å². The lowest BCUT2D eigenvalue weighted by Crippen LogP contribution is -2.05. The molecule has 162 valence electrons. The summed E-state index contributed by atoms with van der Waals surface area (Å²) < 4.78 is 17.0. The molecule has 3 aromatic rings. The van der Waals surface area contributed by atoms with Crippen molar-refractivity contribution in [1.82, 2.24) is 0 Å². The zero-order valence-corrected chi connectivity index (χ0v) is 18.1. The van der Waals surface area contributed by atoms with E-state index >= 15 is 0 Å². The number of benzene rings is 3. The lowest BCUT2D eigenvalue weighted by atomic mass is 10.1. The standard InChI is InChI=1S/C24H24ClNO5/c1-3-30-23-12-16(8-10-22(23)31-15-18-6-4-5-7-19(18)25)14-26-20-13-17(24(27)28)9-11-21(20)29-2/h4-13,26H,3,14-15H2,1-2H3,(H,27,28). The van der Waals surface area contributed by atoms with Crippen LogP contribution in [0.1, 0.15) is 28.4 Å². The molecule has 0 radical (unpaired) electrons. The molecular weight excluding hydrogens is 418 g/mol. The quantitative estimate of drug-likeness (QED) is 0.424. The molecule has 0 unspecified atom stereocenters. The highest BCUT2D eigenvalue weighted by Crippen LogP contribution is 2.31. The van der Waals surface area contributed by atoms with Gasteiger partial charge in [0.15, 0.2) is 11.5 Å². The molecule has 0 atom stereocenters. The van der Waals surface area contributed by atoms with Crippen molar-refractivity contribution < 1.29 is 24.1 Å². The molecule has 0 saturated carbocycles. The number of hydrogen-bond donors (Lipinski definition) is 2. The van der Waals surface area contributed by atoms with E-state index in [4.69, 9.17) is 25.8 Å². The Bertz CT molecular complexity index is 1050. The highest BCUT2D eigenvalue weighted by molar-refractivity contribution is 6.31. The molecule has 31 heavy (non-hydrogen) atoms. The van der Waals surface area contributed by atoms with Gasteiger partial charge < -0.3 is 24.6 Å². The van der Waals surface area contributed by atoms with Crippen molar-refractivity contribution in [3.05, 3.63) is 82.4 Å². The summed E-state index contributed by atoms with van der Waals surface area (Å²) >= 11 is 6.20. The third-order valence-corrected chi connectivity index (χ3v) is 4.95. The molecule has 0 aliphatic carbocycles. The third-order valence-electron chi connectivity index (χ3n) is 4.58. The summed E-state index contributed by atoms with van der Waals surface area (Å²) in [6.45, 7) is 3.18. The molecular formula is C24H24ClNO5. The number of halogens is 1. The molecule has 0 saturated heterocycles. The minimum Gasteiger partial charge on any atom is -0.495 e. The molecule has 2 N–H and O–H groups in total. The zero-order valence-electron chi connectivity index (χ0n) is 17.4. The molecule has 0 bridgehead atoms. The molecule has 3 aromatic carbocycles. The van der Waals surface area contributed by atoms with E-state index in [9.17, 15) is 9.90 Å². The maximum absolute atomic E-state index is 11.3. The number of carboxylic acids is 1. The van der Waals surface area contributed by atoms with Crippen LogP contribution in [-0.2, 0) is 13.2 Å². The monoisotopic (exact) mass is 441 g/mol. The summed E-state index contributed by atoms with van der Waals surface area (Å²) in [5.74, 6) is 0.815. The number of ether oxygens (including phenoxy) is 3. The van der Waals surface area contributed by atoms with Crippen LogP contribution in [0.4, 0.5) is 5.69 Å². The van der Waals surface area contributed by atoms with Crippen molar-refractivity contribution in [3.8, 4) is 17.2 Å². The van der Waals surface area contributed by atoms with Crippen molar-refractivity contribution >= 4 is 23.3 Å². The second-order valence-electron chi connectivity index (χ2n) is 6.67. The Balaban J connectivity index is 1.74. The van der Waals surface area contributed by atoms with Gasteiger partial charge in [-0.1, -0.05) is 35.9 Å². The Morgan fingerprint density at radius 3 is 2.48 bits per heavy atom. The molecule has 0 aliphatic rings. The smallest absolute Gasteiger partial charge is 0.335 e. The van der Waals surface area contributed by atoms with Crippen molar-refractivity contribution in [1.29, 1.82) is 0 Å². The number of nitrogens with one attached hydrogen (secondary N) is 1. The molecule has 0 fully saturated rings. The van der Waals surface area contributed by atoms with Crippen LogP contribution in [0.5, 0.6) is 17.2 Å². The number of methoxy groups -OCH3 is 1. The minimum absolute atomic E-state index is 0.182. The molecule has 0 spiro atoms. The van der Waals surface area contributed by atoms with E-state index in [1.165, 1.54) is 6.07 Å². The first-order valence-corrected chi connectivity index (χ1v) is 10.2.